The summed E-state index contributed by atoms with van der Waals surface area (Å²) in [4.78, 5) is 11.2. The first kappa shape index (κ1) is 24.3. The normalized spacial score (nSPS) is 13.6. The van der Waals surface area contributed by atoms with Crippen molar-refractivity contribution < 1.29 is 13.9 Å². The average molecular weight is 511 g/mol. The van der Waals surface area contributed by atoms with Gasteiger partial charge in [0.2, 0.25) is 0 Å². The topological polar surface area (TPSA) is 77.3 Å². The molecule has 0 atom stereocenters. The molecule has 8 nitrogen and oxygen atoms in total. The van der Waals surface area contributed by atoms with Crippen molar-refractivity contribution in [1.82, 2.24) is 24.6 Å². The highest BCUT2D eigenvalue weighted by Crippen LogP contribution is 2.35. The smallest absolute Gasteiger partial charge is 0.162 e. The summed E-state index contributed by atoms with van der Waals surface area (Å²) in [6, 6.07) is 8.12. The van der Waals surface area contributed by atoms with E-state index in [2.05, 4.69) is 32.2 Å². The summed E-state index contributed by atoms with van der Waals surface area (Å²) < 4.78 is 27.3. The minimum atomic E-state index is -0.476. The lowest BCUT2D eigenvalue weighted by atomic mass is 10.1. The summed E-state index contributed by atoms with van der Waals surface area (Å²) in [6.07, 6.45) is 3.35. The Morgan fingerprint density at radius 1 is 1.17 bits per heavy atom. The number of nitrogens with one attached hydrogen (secondary N) is 1. The van der Waals surface area contributed by atoms with Crippen molar-refractivity contribution in [3.63, 3.8) is 0 Å². The number of aryl methyl sites for hydroxylation is 2. The maximum atomic E-state index is 13.6. The molecule has 0 aliphatic carbocycles. The number of benzene rings is 2. The largest absolute Gasteiger partial charge is 0.493 e. The fraction of sp³-hybridized carbons (Fsp3) is 0.346. The number of hydrogen-bond donors (Lipinski definition) is 1. The second kappa shape index (κ2) is 10.3. The van der Waals surface area contributed by atoms with Gasteiger partial charge in [-0.25, -0.2) is 14.4 Å². The molecule has 1 N–H and O–H groups in total. The summed E-state index contributed by atoms with van der Waals surface area (Å²) in [5.41, 5.74) is 5.12. The zero-order chi connectivity index (χ0) is 25.2. The van der Waals surface area contributed by atoms with Gasteiger partial charge in [0.1, 0.15) is 18.0 Å². The Hall–Kier alpha value is -3.43. The van der Waals surface area contributed by atoms with Crippen molar-refractivity contribution >= 4 is 34.0 Å². The van der Waals surface area contributed by atoms with Gasteiger partial charge in [-0.1, -0.05) is 11.6 Å². The number of halogens is 2. The highest BCUT2D eigenvalue weighted by atomic mass is 35.5. The molecular weight excluding hydrogens is 483 g/mol. The lowest BCUT2D eigenvalue weighted by molar-refractivity contribution is 0.216. The van der Waals surface area contributed by atoms with Crippen LogP contribution in [0.4, 0.5) is 15.9 Å². The van der Waals surface area contributed by atoms with Gasteiger partial charge in [-0.3, -0.25) is 9.58 Å². The Morgan fingerprint density at radius 2 is 2.03 bits per heavy atom. The first-order chi connectivity index (χ1) is 17.4. The minimum Gasteiger partial charge on any atom is -0.493 e. The van der Waals surface area contributed by atoms with Crippen LogP contribution >= 0.6 is 11.6 Å². The number of rotatable bonds is 8. The van der Waals surface area contributed by atoms with E-state index < -0.39 is 5.82 Å². The number of fused-ring (bicyclic) bond motifs is 2. The Balaban J connectivity index is 1.27. The first-order valence-electron chi connectivity index (χ1n) is 11.8. The van der Waals surface area contributed by atoms with Crippen LogP contribution in [0.5, 0.6) is 11.5 Å². The van der Waals surface area contributed by atoms with Crippen molar-refractivity contribution in [2.75, 3.05) is 32.1 Å². The van der Waals surface area contributed by atoms with E-state index in [-0.39, 0.29) is 5.02 Å². The molecular formula is C26H28ClFN6O2. The molecule has 0 fully saturated rings. The quantitative estimate of drug-likeness (QED) is 0.332. The Morgan fingerprint density at radius 3 is 2.83 bits per heavy atom. The SMILES string of the molecule is COc1cc2ncnc(Nc3ccc(F)c(Cl)c3)c2cc1OCCCN1CCc2c(c(C)nn2C)C1. The van der Waals surface area contributed by atoms with Gasteiger partial charge in [0.15, 0.2) is 11.5 Å². The van der Waals surface area contributed by atoms with Crippen LogP contribution in [0.15, 0.2) is 36.7 Å². The predicted molar refractivity (Wildman–Crippen MR) is 138 cm³/mol. The molecule has 5 rings (SSSR count). The number of methoxy groups -OCH3 is 1. The molecule has 1 aliphatic heterocycles. The molecule has 0 amide bonds. The van der Waals surface area contributed by atoms with Crippen molar-refractivity contribution in [1.29, 1.82) is 0 Å². The molecule has 2 aromatic carbocycles. The fourth-order valence-electron chi connectivity index (χ4n) is 4.64. The van der Waals surface area contributed by atoms with Crippen molar-refractivity contribution in [3.8, 4) is 11.5 Å². The van der Waals surface area contributed by atoms with Crippen LogP contribution in [-0.2, 0) is 20.0 Å². The molecule has 36 heavy (non-hydrogen) atoms. The molecule has 1 aliphatic rings. The van der Waals surface area contributed by atoms with E-state index in [9.17, 15) is 4.39 Å². The highest BCUT2D eigenvalue weighted by molar-refractivity contribution is 6.31. The van der Waals surface area contributed by atoms with E-state index in [0.29, 0.717) is 35.1 Å². The zero-order valence-corrected chi connectivity index (χ0v) is 21.3. The van der Waals surface area contributed by atoms with Gasteiger partial charge >= 0.3 is 0 Å². The van der Waals surface area contributed by atoms with E-state index >= 15 is 0 Å². The summed E-state index contributed by atoms with van der Waals surface area (Å²) in [5.74, 6) is 1.30. The maximum absolute atomic E-state index is 13.6. The molecule has 0 bridgehead atoms. The summed E-state index contributed by atoms with van der Waals surface area (Å²) in [6.45, 7) is 5.50. The van der Waals surface area contributed by atoms with E-state index in [4.69, 9.17) is 21.1 Å². The van der Waals surface area contributed by atoms with Gasteiger partial charge in [-0.05, 0) is 37.6 Å². The molecule has 4 aromatic rings. The monoisotopic (exact) mass is 510 g/mol. The second-order valence-corrected chi connectivity index (χ2v) is 9.27. The first-order valence-corrected chi connectivity index (χ1v) is 12.2. The lowest BCUT2D eigenvalue weighted by Gasteiger charge is -2.27. The van der Waals surface area contributed by atoms with Crippen LogP contribution in [0.25, 0.3) is 10.9 Å². The fourth-order valence-corrected chi connectivity index (χ4v) is 4.82. The Bertz CT molecular complexity index is 1410. The lowest BCUT2D eigenvalue weighted by Crippen LogP contribution is -2.32. The van der Waals surface area contributed by atoms with Gasteiger partial charge in [0, 0.05) is 61.5 Å². The summed E-state index contributed by atoms with van der Waals surface area (Å²) in [5, 5.41) is 8.54. The van der Waals surface area contributed by atoms with E-state index in [0.717, 1.165) is 43.6 Å². The molecule has 0 saturated heterocycles. The molecule has 10 heteroatoms. The van der Waals surface area contributed by atoms with Gasteiger partial charge in [0.25, 0.3) is 0 Å². The third-order valence-electron chi connectivity index (χ3n) is 6.50. The van der Waals surface area contributed by atoms with Crippen LogP contribution in [0, 0.1) is 12.7 Å². The summed E-state index contributed by atoms with van der Waals surface area (Å²) >= 11 is 5.93. The van der Waals surface area contributed by atoms with E-state index in [1.54, 1.807) is 13.2 Å². The number of ether oxygens (including phenoxy) is 2. The maximum Gasteiger partial charge on any atom is 0.162 e. The number of hydrogen-bond acceptors (Lipinski definition) is 7. The third kappa shape index (κ3) is 4.94. The van der Waals surface area contributed by atoms with Crippen molar-refractivity contribution in [2.24, 2.45) is 7.05 Å². The van der Waals surface area contributed by atoms with Crippen LogP contribution in [-0.4, -0.2) is 51.5 Å². The summed E-state index contributed by atoms with van der Waals surface area (Å²) in [7, 11) is 3.63. The van der Waals surface area contributed by atoms with Crippen LogP contribution in [0.2, 0.25) is 5.02 Å². The molecule has 2 aromatic heterocycles. The molecule has 3 heterocycles. The molecule has 0 spiro atoms. The van der Waals surface area contributed by atoms with Gasteiger partial charge in [-0.15, -0.1) is 0 Å². The Kier molecular flexibility index (Phi) is 6.93. The second-order valence-electron chi connectivity index (χ2n) is 8.86. The Labute approximate surface area is 214 Å². The van der Waals surface area contributed by atoms with E-state index in [1.165, 1.54) is 29.7 Å². The average Bonchev–Trinajstić information content (AvgIpc) is 3.16. The number of nitrogens with zero attached hydrogens (tertiary/aromatic N) is 5. The van der Waals surface area contributed by atoms with Gasteiger partial charge in [0.05, 0.1) is 29.9 Å². The van der Waals surface area contributed by atoms with Crippen LogP contribution in [0.1, 0.15) is 23.4 Å². The van der Waals surface area contributed by atoms with Crippen molar-refractivity contribution in [3.05, 3.63) is 64.5 Å². The zero-order valence-electron chi connectivity index (χ0n) is 20.5. The van der Waals surface area contributed by atoms with Crippen LogP contribution in [0.3, 0.4) is 0 Å². The van der Waals surface area contributed by atoms with Gasteiger partial charge in [-0.2, -0.15) is 5.10 Å². The predicted octanol–water partition coefficient (Wildman–Crippen LogP) is 5.04. The van der Waals surface area contributed by atoms with Crippen LogP contribution < -0.4 is 14.8 Å². The highest BCUT2D eigenvalue weighted by Gasteiger charge is 2.22. The van der Waals surface area contributed by atoms with Crippen molar-refractivity contribution in [2.45, 2.75) is 26.3 Å². The molecule has 0 unspecified atom stereocenters. The van der Waals surface area contributed by atoms with Gasteiger partial charge < -0.3 is 14.8 Å². The molecule has 188 valence electrons. The molecule has 0 radical (unpaired) electrons. The number of anilines is 2. The van der Waals surface area contributed by atoms with E-state index in [1.807, 2.05) is 23.9 Å². The molecule has 0 saturated carbocycles. The number of aromatic nitrogens is 4. The third-order valence-corrected chi connectivity index (χ3v) is 6.79. The minimum absolute atomic E-state index is 0.0349. The standard InChI is InChI=1S/C26H28ClFN6O2/c1-16-19-14-34(9-7-23(19)33(2)32-16)8-4-10-36-25-12-18-22(13-24(25)35-3)29-15-30-26(18)31-17-5-6-21(28)20(27)11-17/h5-6,11-13,15H,4,7-10,14H2,1-3H3,(H,29,30,31).